The zero-order valence-electron chi connectivity index (χ0n) is 17.9. The summed E-state index contributed by atoms with van der Waals surface area (Å²) in [5.74, 6) is -0.0355. The molecule has 0 aromatic carbocycles. The van der Waals surface area contributed by atoms with Crippen LogP contribution in [-0.4, -0.2) is 103 Å². The fourth-order valence-corrected chi connectivity index (χ4v) is 5.12. The van der Waals surface area contributed by atoms with E-state index in [0.29, 0.717) is 37.8 Å². The highest BCUT2D eigenvalue weighted by Gasteiger charge is 2.36. The van der Waals surface area contributed by atoms with E-state index in [4.69, 9.17) is 4.74 Å². The lowest BCUT2D eigenvalue weighted by Gasteiger charge is -2.39. The average molecular weight is 428 g/mol. The molecule has 10 heteroatoms. The maximum Gasteiger partial charge on any atom is 0.257 e. The first kappa shape index (κ1) is 22.2. The number of nitrogens with zero attached hydrogens (tertiary/aromatic N) is 5. The maximum absolute atomic E-state index is 12.8. The number of carbonyl (C=O) groups excluding carboxylic acids is 1. The molecule has 9 nitrogen and oxygen atoms in total. The number of likely N-dealkylation sites (N-methyl/N-ethyl adjacent to an activating group) is 1. The molecule has 1 unspecified atom stereocenters. The summed E-state index contributed by atoms with van der Waals surface area (Å²) in [6.45, 7) is 5.73. The first-order valence-corrected chi connectivity index (χ1v) is 12.1. The van der Waals surface area contributed by atoms with Gasteiger partial charge in [-0.1, -0.05) is 0 Å². The molecular formula is C19H33N5O4S. The maximum atomic E-state index is 12.8. The SMILES string of the molecule is Cc1c(C(=O)N(C)CCN(C2CCOCC2)C2CCN(S(C)(=O)=O)C2)cnn1C. The molecule has 3 heterocycles. The van der Waals surface area contributed by atoms with Gasteiger partial charge in [-0.05, 0) is 26.2 Å². The van der Waals surface area contributed by atoms with Crippen LogP contribution in [0.4, 0.5) is 0 Å². The van der Waals surface area contributed by atoms with Crippen molar-refractivity contribution < 1.29 is 17.9 Å². The number of aryl methyl sites for hydroxylation is 1. The van der Waals surface area contributed by atoms with E-state index >= 15 is 0 Å². The van der Waals surface area contributed by atoms with Crippen molar-refractivity contribution in [3.63, 3.8) is 0 Å². The summed E-state index contributed by atoms with van der Waals surface area (Å²) in [5, 5.41) is 4.17. The monoisotopic (exact) mass is 427 g/mol. The Balaban J connectivity index is 1.67. The number of carbonyl (C=O) groups is 1. The van der Waals surface area contributed by atoms with Crippen LogP contribution in [0.3, 0.4) is 0 Å². The van der Waals surface area contributed by atoms with Crippen molar-refractivity contribution in [1.29, 1.82) is 0 Å². The Labute approximate surface area is 173 Å². The van der Waals surface area contributed by atoms with Gasteiger partial charge in [-0.15, -0.1) is 0 Å². The van der Waals surface area contributed by atoms with Crippen LogP contribution in [0.2, 0.25) is 0 Å². The van der Waals surface area contributed by atoms with Crippen LogP contribution < -0.4 is 0 Å². The van der Waals surface area contributed by atoms with Gasteiger partial charge in [0.05, 0.1) is 18.0 Å². The summed E-state index contributed by atoms with van der Waals surface area (Å²) in [7, 11) is 0.465. The fraction of sp³-hybridized carbons (Fsp3) is 0.789. The second kappa shape index (κ2) is 9.11. The molecule has 0 saturated carbocycles. The van der Waals surface area contributed by atoms with E-state index in [2.05, 4.69) is 10.00 Å². The minimum atomic E-state index is -3.17. The van der Waals surface area contributed by atoms with Crippen molar-refractivity contribution in [2.45, 2.75) is 38.3 Å². The minimum Gasteiger partial charge on any atom is -0.381 e. The predicted molar refractivity (Wildman–Crippen MR) is 110 cm³/mol. The zero-order valence-corrected chi connectivity index (χ0v) is 18.7. The second-order valence-corrected chi connectivity index (χ2v) is 10.1. The Bertz CT molecular complexity index is 819. The smallest absolute Gasteiger partial charge is 0.257 e. The standard InChI is InChI=1S/C19H33N5O4S/c1-15-18(13-20-22(15)3)19(25)21(2)9-10-24(16-6-11-28-12-7-16)17-5-8-23(14-17)29(4,26)27/h13,16-17H,5-12,14H2,1-4H3. The van der Waals surface area contributed by atoms with Gasteiger partial charge in [-0.2, -0.15) is 5.10 Å². The number of hydrogen-bond acceptors (Lipinski definition) is 6. The molecule has 2 aliphatic rings. The van der Waals surface area contributed by atoms with Gasteiger partial charge in [-0.25, -0.2) is 12.7 Å². The first-order valence-electron chi connectivity index (χ1n) is 10.2. The van der Waals surface area contributed by atoms with E-state index in [9.17, 15) is 13.2 Å². The molecule has 1 aromatic heterocycles. The Morgan fingerprint density at radius 1 is 1.24 bits per heavy atom. The summed E-state index contributed by atoms with van der Waals surface area (Å²) in [5.41, 5.74) is 1.47. The van der Waals surface area contributed by atoms with Gasteiger partial charge >= 0.3 is 0 Å². The van der Waals surface area contributed by atoms with E-state index in [1.54, 1.807) is 20.1 Å². The average Bonchev–Trinajstić information content (AvgIpc) is 3.30. The Morgan fingerprint density at radius 2 is 1.93 bits per heavy atom. The first-order chi connectivity index (χ1) is 13.7. The molecule has 1 aromatic rings. The third-order valence-electron chi connectivity index (χ3n) is 6.23. The molecule has 2 saturated heterocycles. The minimum absolute atomic E-state index is 0.0355. The quantitative estimate of drug-likeness (QED) is 0.623. The summed E-state index contributed by atoms with van der Waals surface area (Å²) >= 11 is 0. The highest BCUT2D eigenvalue weighted by molar-refractivity contribution is 7.88. The summed E-state index contributed by atoms with van der Waals surface area (Å²) in [6.07, 6.45) is 5.59. The molecule has 0 aliphatic carbocycles. The zero-order chi connectivity index (χ0) is 21.2. The van der Waals surface area contributed by atoms with Crippen LogP contribution in [0.25, 0.3) is 0 Å². The van der Waals surface area contributed by atoms with Gasteiger partial charge in [0.15, 0.2) is 0 Å². The number of hydrogen-bond donors (Lipinski definition) is 0. The van der Waals surface area contributed by atoms with Crippen LogP contribution in [0.1, 0.15) is 35.3 Å². The molecule has 0 N–H and O–H groups in total. The molecular weight excluding hydrogens is 394 g/mol. The molecule has 0 bridgehead atoms. The third-order valence-corrected chi connectivity index (χ3v) is 7.50. The predicted octanol–water partition coefficient (Wildman–Crippen LogP) is 0.315. The van der Waals surface area contributed by atoms with E-state index in [0.717, 1.165) is 38.2 Å². The van der Waals surface area contributed by atoms with Gasteiger partial charge in [0.1, 0.15) is 0 Å². The third kappa shape index (κ3) is 5.17. The number of rotatable bonds is 7. The molecule has 3 rings (SSSR count). The molecule has 29 heavy (non-hydrogen) atoms. The van der Waals surface area contributed by atoms with Crippen LogP contribution in [0, 0.1) is 6.92 Å². The number of amides is 1. The molecule has 164 valence electrons. The molecule has 0 spiro atoms. The molecule has 1 atom stereocenters. The van der Waals surface area contributed by atoms with Crippen molar-refractivity contribution in [1.82, 2.24) is 23.9 Å². The van der Waals surface area contributed by atoms with Crippen LogP contribution in [-0.2, 0) is 21.8 Å². The topological polar surface area (TPSA) is 88.0 Å². The normalized spacial score (nSPS) is 21.8. The lowest BCUT2D eigenvalue weighted by atomic mass is 10.0. The van der Waals surface area contributed by atoms with Gasteiger partial charge in [0.2, 0.25) is 10.0 Å². The number of ether oxygens (including phenoxy) is 1. The van der Waals surface area contributed by atoms with Crippen molar-refractivity contribution in [3.05, 3.63) is 17.5 Å². The van der Waals surface area contributed by atoms with E-state index in [-0.39, 0.29) is 11.9 Å². The molecule has 2 fully saturated rings. The summed E-state index contributed by atoms with van der Waals surface area (Å²) in [4.78, 5) is 17.0. The van der Waals surface area contributed by atoms with E-state index in [1.165, 1.54) is 6.26 Å². The lowest BCUT2D eigenvalue weighted by molar-refractivity contribution is 0.0157. The van der Waals surface area contributed by atoms with Crippen molar-refractivity contribution in [2.24, 2.45) is 7.05 Å². The summed E-state index contributed by atoms with van der Waals surface area (Å²) < 4.78 is 32.7. The van der Waals surface area contributed by atoms with Gasteiger partial charge in [0.25, 0.3) is 5.91 Å². The molecule has 2 aliphatic heterocycles. The van der Waals surface area contributed by atoms with Crippen molar-refractivity contribution in [2.75, 3.05) is 52.7 Å². The fourth-order valence-electron chi connectivity index (χ4n) is 4.24. The number of aromatic nitrogens is 2. The van der Waals surface area contributed by atoms with Gasteiger partial charge < -0.3 is 9.64 Å². The highest BCUT2D eigenvalue weighted by atomic mass is 32.2. The van der Waals surface area contributed by atoms with Gasteiger partial charge in [-0.3, -0.25) is 14.4 Å². The number of sulfonamides is 1. The lowest BCUT2D eigenvalue weighted by Crippen LogP contribution is -2.50. The largest absolute Gasteiger partial charge is 0.381 e. The summed E-state index contributed by atoms with van der Waals surface area (Å²) in [6, 6.07) is 0.536. The Kier molecular flexibility index (Phi) is 6.98. The van der Waals surface area contributed by atoms with Gasteiger partial charge in [0, 0.05) is 71.3 Å². The van der Waals surface area contributed by atoms with Crippen molar-refractivity contribution in [3.8, 4) is 0 Å². The Morgan fingerprint density at radius 3 is 2.48 bits per heavy atom. The van der Waals surface area contributed by atoms with Crippen molar-refractivity contribution >= 4 is 15.9 Å². The van der Waals surface area contributed by atoms with E-state index < -0.39 is 10.0 Å². The molecule has 0 radical (unpaired) electrons. The highest BCUT2D eigenvalue weighted by Crippen LogP contribution is 2.24. The van der Waals surface area contributed by atoms with Crippen LogP contribution >= 0.6 is 0 Å². The van der Waals surface area contributed by atoms with Crippen LogP contribution in [0.5, 0.6) is 0 Å². The van der Waals surface area contributed by atoms with E-state index in [1.807, 2.05) is 21.0 Å². The second-order valence-electron chi connectivity index (χ2n) is 8.14. The van der Waals surface area contributed by atoms with Crippen LogP contribution in [0.15, 0.2) is 6.20 Å². The molecule has 1 amide bonds. The Hall–Kier alpha value is -1.49.